The molecule has 1 amide bonds. The van der Waals surface area contributed by atoms with E-state index in [1.165, 1.54) is 18.2 Å². The Bertz CT molecular complexity index is 751. The first-order valence-electron chi connectivity index (χ1n) is 7.09. The van der Waals surface area contributed by atoms with Crippen LogP contribution in [0.1, 0.15) is 18.5 Å². The maximum Gasteiger partial charge on any atom is 0.294 e. The number of carbonyl (C=O) groups is 1. The first kappa shape index (κ1) is 18.2. The van der Waals surface area contributed by atoms with Gasteiger partial charge in [-0.3, -0.25) is 14.9 Å². The van der Waals surface area contributed by atoms with Gasteiger partial charge in [-0.05, 0) is 36.8 Å². The minimum Gasteiger partial charge on any atom is -0.319 e. The second kappa shape index (κ2) is 8.10. The number of hydrogen-bond acceptors (Lipinski definition) is 4. The number of nitrogens with zero attached hydrogens (tertiary/aromatic N) is 1. The summed E-state index contributed by atoms with van der Waals surface area (Å²) in [5, 5.41) is 17.4. The molecule has 0 unspecified atom stereocenters. The maximum absolute atomic E-state index is 12.0. The van der Waals surface area contributed by atoms with Crippen molar-refractivity contribution in [2.45, 2.75) is 13.0 Å². The predicted molar refractivity (Wildman–Crippen MR) is 94.6 cm³/mol. The highest BCUT2D eigenvalue weighted by Crippen LogP contribution is 2.27. The van der Waals surface area contributed by atoms with E-state index in [2.05, 4.69) is 10.6 Å². The minimum atomic E-state index is -0.592. The topological polar surface area (TPSA) is 84.3 Å². The lowest BCUT2D eigenvalue weighted by Gasteiger charge is -2.14. The molecule has 0 aliphatic heterocycles. The van der Waals surface area contributed by atoms with Crippen LogP contribution in [0, 0.1) is 10.1 Å². The lowest BCUT2D eigenvalue weighted by molar-refractivity contribution is -0.383. The molecule has 0 saturated heterocycles. The van der Waals surface area contributed by atoms with Gasteiger partial charge in [-0.1, -0.05) is 35.3 Å². The van der Waals surface area contributed by atoms with Gasteiger partial charge in [0, 0.05) is 22.2 Å². The Labute approximate surface area is 148 Å². The van der Waals surface area contributed by atoms with Crippen molar-refractivity contribution in [3.63, 3.8) is 0 Å². The molecule has 2 aromatic carbocycles. The normalized spacial score (nSPS) is 11.8. The van der Waals surface area contributed by atoms with Crippen molar-refractivity contribution in [3.05, 3.63) is 68.2 Å². The zero-order chi connectivity index (χ0) is 17.7. The second-order valence-corrected chi connectivity index (χ2v) is 5.99. The molecule has 2 N–H and O–H groups in total. The molecule has 0 heterocycles. The maximum atomic E-state index is 12.0. The number of carbonyl (C=O) groups excluding carboxylic acids is 1. The van der Waals surface area contributed by atoms with Gasteiger partial charge >= 0.3 is 0 Å². The van der Waals surface area contributed by atoms with Crippen LogP contribution in [0.2, 0.25) is 10.0 Å². The van der Waals surface area contributed by atoms with Crippen molar-refractivity contribution in [2.24, 2.45) is 0 Å². The number of rotatable bonds is 6. The SMILES string of the molecule is C[C@H](NCC(=O)Nc1ccc(Cl)cc1[N+](=O)[O-])c1ccc(Cl)cc1. The van der Waals surface area contributed by atoms with E-state index in [1.54, 1.807) is 12.1 Å². The fraction of sp³-hybridized carbons (Fsp3) is 0.188. The highest BCUT2D eigenvalue weighted by atomic mass is 35.5. The molecular weight excluding hydrogens is 353 g/mol. The summed E-state index contributed by atoms with van der Waals surface area (Å²) in [5.74, 6) is -0.388. The lowest BCUT2D eigenvalue weighted by Crippen LogP contribution is -2.30. The zero-order valence-electron chi connectivity index (χ0n) is 12.8. The molecule has 0 bridgehead atoms. The number of nitrogens with one attached hydrogen (secondary N) is 2. The van der Waals surface area contributed by atoms with Gasteiger partial charge in [0.1, 0.15) is 5.69 Å². The van der Waals surface area contributed by atoms with Crippen LogP contribution in [0.25, 0.3) is 0 Å². The molecule has 8 heteroatoms. The highest BCUT2D eigenvalue weighted by molar-refractivity contribution is 6.31. The third-order valence-electron chi connectivity index (χ3n) is 3.37. The molecule has 1 atom stereocenters. The van der Waals surface area contributed by atoms with E-state index >= 15 is 0 Å². The molecule has 0 aromatic heterocycles. The Morgan fingerprint density at radius 3 is 2.42 bits per heavy atom. The smallest absolute Gasteiger partial charge is 0.294 e. The third kappa shape index (κ3) is 4.92. The van der Waals surface area contributed by atoms with Crippen LogP contribution in [0.4, 0.5) is 11.4 Å². The second-order valence-electron chi connectivity index (χ2n) is 5.12. The van der Waals surface area contributed by atoms with Gasteiger partial charge in [0.2, 0.25) is 5.91 Å². The standard InChI is InChI=1S/C16H15Cl2N3O3/c1-10(11-2-4-12(17)5-3-11)19-9-16(22)20-14-7-6-13(18)8-15(14)21(23)24/h2-8,10,19H,9H2,1H3,(H,20,22)/t10-/m0/s1. The van der Waals surface area contributed by atoms with E-state index in [0.29, 0.717) is 5.02 Å². The molecule has 0 saturated carbocycles. The summed E-state index contributed by atoms with van der Waals surface area (Å²) in [6.45, 7) is 1.91. The molecule has 2 aromatic rings. The van der Waals surface area contributed by atoms with Gasteiger partial charge in [-0.25, -0.2) is 0 Å². The Balaban J connectivity index is 1.96. The van der Waals surface area contributed by atoms with Crippen LogP contribution >= 0.6 is 23.2 Å². The lowest BCUT2D eigenvalue weighted by atomic mass is 10.1. The summed E-state index contributed by atoms with van der Waals surface area (Å²) in [6.07, 6.45) is 0. The Hall–Kier alpha value is -2.15. The summed E-state index contributed by atoms with van der Waals surface area (Å²) >= 11 is 11.6. The number of anilines is 1. The first-order valence-corrected chi connectivity index (χ1v) is 7.85. The van der Waals surface area contributed by atoms with Gasteiger partial charge in [0.05, 0.1) is 11.5 Å². The summed E-state index contributed by atoms with van der Waals surface area (Å²) in [4.78, 5) is 22.4. The summed E-state index contributed by atoms with van der Waals surface area (Å²) in [5.41, 5.74) is 0.835. The summed E-state index contributed by atoms with van der Waals surface area (Å²) < 4.78 is 0. The van der Waals surface area contributed by atoms with Crippen molar-refractivity contribution in [2.75, 3.05) is 11.9 Å². The van der Waals surface area contributed by atoms with E-state index in [4.69, 9.17) is 23.2 Å². The minimum absolute atomic E-state index is 0.00355. The largest absolute Gasteiger partial charge is 0.319 e. The van der Waals surface area contributed by atoms with Crippen LogP contribution in [-0.2, 0) is 4.79 Å². The van der Waals surface area contributed by atoms with Gasteiger partial charge < -0.3 is 10.6 Å². The molecule has 0 radical (unpaired) electrons. The summed E-state index contributed by atoms with van der Waals surface area (Å²) in [7, 11) is 0. The number of hydrogen-bond donors (Lipinski definition) is 2. The third-order valence-corrected chi connectivity index (χ3v) is 3.86. The number of halogens is 2. The molecule has 0 aliphatic carbocycles. The van der Waals surface area contributed by atoms with Crippen molar-refractivity contribution < 1.29 is 9.72 Å². The molecule has 24 heavy (non-hydrogen) atoms. The molecule has 0 fully saturated rings. The quantitative estimate of drug-likeness (QED) is 0.592. The number of amides is 1. The fourth-order valence-corrected chi connectivity index (χ4v) is 2.36. The van der Waals surface area contributed by atoms with Gasteiger partial charge in [-0.15, -0.1) is 0 Å². The average Bonchev–Trinajstić information content (AvgIpc) is 2.54. The van der Waals surface area contributed by atoms with Crippen molar-refractivity contribution in [1.29, 1.82) is 0 Å². The van der Waals surface area contributed by atoms with E-state index in [1.807, 2.05) is 19.1 Å². The van der Waals surface area contributed by atoms with Crippen LogP contribution in [0.15, 0.2) is 42.5 Å². The van der Waals surface area contributed by atoms with Crippen LogP contribution in [0.3, 0.4) is 0 Å². The van der Waals surface area contributed by atoms with Gasteiger partial charge in [0.25, 0.3) is 5.69 Å². The molecule has 126 valence electrons. The fourth-order valence-electron chi connectivity index (χ4n) is 2.07. The summed E-state index contributed by atoms with van der Waals surface area (Å²) in [6, 6.07) is 11.3. The highest BCUT2D eigenvalue weighted by Gasteiger charge is 2.16. The van der Waals surface area contributed by atoms with Gasteiger partial charge in [-0.2, -0.15) is 0 Å². The van der Waals surface area contributed by atoms with E-state index in [9.17, 15) is 14.9 Å². The van der Waals surface area contributed by atoms with Gasteiger partial charge in [0.15, 0.2) is 0 Å². The van der Waals surface area contributed by atoms with E-state index in [0.717, 1.165) is 5.56 Å². The first-order chi connectivity index (χ1) is 11.4. The predicted octanol–water partition coefficient (Wildman–Crippen LogP) is 4.19. The van der Waals surface area contributed by atoms with E-state index < -0.39 is 4.92 Å². The zero-order valence-corrected chi connectivity index (χ0v) is 14.3. The number of benzene rings is 2. The molecule has 0 aliphatic rings. The molecular formula is C16H15Cl2N3O3. The molecule has 6 nitrogen and oxygen atoms in total. The Morgan fingerprint density at radius 2 is 1.79 bits per heavy atom. The number of nitro groups is 1. The number of nitro benzene ring substituents is 1. The van der Waals surface area contributed by atoms with Crippen LogP contribution < -0.4 is 10.6 Å². The van der Waals surface area contributed by atoms with Crippen molar-refractivity contribution in [3.8, 4) is 0 Å². The van der Waals surface area contributed by atoms with E-state index in [-0.39, 0.29) is 34.9 Å². The van der Waals surface area contributed by atoms with Crippen LogP contribution in [0.5, 0.6) is 0 Å². The Kier molecular flexibility index (Phi) is 6.14. The van der Waals surface area contributed by atoms with Crippen molar-refractivity contribution in [1.82, 2.24) is 5.32 Å². The van der Waals surface area contributed by atoms with Crippen molar-refractivity contribution >= 4 is 40.5 Å². The average molecular weight is 368 g/mol. The molecule has 0 spiro atoms. The molecule has 2 rings (SSSR count). The van der Waals surface area contributed by atoms with Crippen LogP contribution in [-0.4, -0.2) is 17.4 Å². The monoisotopic (exact) mass is 367 g/mol. The Morgan fingerprint density at radius 1 is 1.17 bits per heavy atom.